The van der Waals surface area contributed by atoms with Crippen LogP contribution in [0.5, 0.6) is 0 Å². The smallest absolute Gasteiger partial charge is 0.269 e. The number of benzene rings is 1. The van der Waals surface area contributed by atoms with Crippen molar-refractivity contribution >= 4 is 28.3 Å². The lowest BCUT2D eigenvalue weighted by atomic mass is 10.1. The van der Waals surface area contributed by atoms with Crippen molar-refractivity contribution < 1.29 is 9.90 Å². The number of halogens is 1. The highest BCUT2D eigenvalue weighted by molar-refractivity contribution is 6.34. The van der Waals surface area contributed by atoms with Gasteiger partial charge in [0.25, 0.3) is 5.91 Å². The molecular weight excluding hydrogens is 326 g/mol. The zero-order valence-corrected chi connectivity index (χ0v) is 14.3. The number of likely N-dealkylation sites (tertiary alicyclic amines) is 1. The molecule has 1 aliphatic heterocycles. The van der Waals surface area contributed by atoms with Crippen molar-refractivity contribution in [2.24, 2.45) is 0 Å². The number of amides is 1. The number of pyridine rings is 1. The fourth-order valence-corrected chi connectivity index (χ4v) is 3.27. The molecule has 0 spiro atoms. The van der Waals surface area contributed by atoms with Crippen LogP contribution in [0.1, 0.15) is 29.8 Å². The van der Waals surface area contributed by atoms with Crippen molar-refractivity contribution in [2.75, 3.05) is 26.2 Å². The highest BCUT2D eigenvalue weighted by Crippen LogP contribution is 2.22. The van der Waals surface area contributed by atoms with Gasteiger partial charge in [-0.05, 0) is 37.3 Å². The summed E-state index contributed by atoms with van der Waals surface area (Å²) < 4.78 is 0. The van der Waals surface area contributed by atoms with Crippen LogP contribution in [-0.2, 0) is 0 Å². The van der Waals surface area contributed by atoms with Gasteiger partial charge in [-0.3, -0.25) is 4.79 Å². The maximum absolute atomic E-state index is 12.3. The predicted molar refractivity (Wildman–Crippen MR) is 95.4 cm³/mol. The number of piperidine rings is 1. The van der Waals surface area contributed by atoms with Gasteiger partial charge < -0.3 is 15.3 Å². The first kappa shape index (κ1) is 17.1. The zero-order valence-electron chi connectivity index (χ0n) is 13.5. The molecule has 6 heteroatoms. The van der Waals surface area contributed by atoms with Gasteiger partial charge in [-0.1, -0.05) is 35.9 Å². The van der Waals surface area contributed by atoms with Crippen molar-refractivity contribution in [2.45, 2.75) is 25.4 Å². The van der Waals surface area contributed by atoms with Crippen LogP contribution in [-0.4, -0.2) is 53.2 Å². The summed E-state index contributed by atoms with van der Waals surface area (Å²) in [6, 6.07) is 9.39. The molecule has 2 N–H and O–H groups in total. The van der Waals surface area contributed by atoms with E-state index in [0.29, 0.717) is 17.4 Å². The Morgan fingerprint density at radius 1 is 1.33 bits per heavy atom. The van der Waals surface area contributed by atoms with E-state index in [2.05, 4.69) is 15.2 Å². The molecule has 2 heterocycles. The summed E-state index contributed by atoms with van der Waals surface area (Å²) in [5, 5.41) is 14.5. The number of carbonyl (C=O) groups excluding carboxylic acids is 1. The fourth-order valence-electron chi connectivity index (χ4n) is 3.01. The molecule has 3 rings (SSSR count). The molecule has 5 nitrogen and oxygen atoms in total. The highest BCUT2D eigenvalue weighted by atomic mass is 35.5. The highest BCUT2D eigenvalue weighted by Gasteiger charge is 2.16. The Labute approximate surface area is 146 Å². The third-order valence-corrected chi connectivity index (χ3v) is 4.71. The first-order valence-corrected chi connectivity index (χ1v) is 8.75. The number of rotatable bonds is 5. The number of fused-ring (bicyclic) bond motifs is 1. The van der Waals surface area contributed by atoms with Gasteiger partial charge in [-0.25, -0.2) is 4.98 Å². The number of nitrogens with zero attached hydrogens (tertiary/aromatic N) is 2. The lowest BCUT2D eigenvalue weighted by molar-refractivity contribution is 0.0816. The maximum Gasteiger partial charge on any atom is 0.269 e. The van der Waals surface area contributed by atoms with Crippen LogP contribution >= 0.6 is 11.6 Å². The summed E-state index contributed by atoms with van der Waals surface area (Å²) in [7, 11) is 0. The molecule has 0 unspecified atom stereocenters. The first-order chi connectivity index (χ1) is 11.6. The minimum Gasteiger partial charge on any atom is -0.393 e. The monoisotopic (exact) mass is 347 g/mol. The quantitative estimate of drug-likeness (QED) is 0.644. The lowest BCUT2D eigenvalue weighted by Gasteiger charge is -2.29. The molecule has 128 valence electrons. The number of carbonyl (C=O) groups is 1. The average molecular weight is 348 g/mol. The SMILES string of the molecule is O=C(NCCCN1CCC(O)CC1)c1cc2ccccc2c(Cl)n1. The molecule has 2 aromatic rings. The van der Waals surface area contributed by atoms with Crippen molar-refractivity contribution in [3.8, 4) is 0 Å². The van der Waals surface area contributed by atoms with Crippen LogP contribution < -0.4 is 5.32 Å². The normalized spacial score (nSPS) is 16.4. The minimum atomic E-state index is -0.197. The molecule has 0 bridgehead atoms. The van der Waals surface area contributed by atoms with Gasteiger partial charge in [0.2, 0.25) is 0 Å². The summed E-state index contributed by atoms with van der Waals surface area (Å²) in [6.45, 7) is 3.39. The lowest BCUT2D eigenvalue weighted by Crippen LogP contribution is -2.37. The van der Waals surface area contributed by atoms with Crippen LogP contribution in [0, 0.1) is 0 Å². The van der Waals surface area contributed by atoms with Gasteiger partial charge in [0.05, 0.1) is 6.10 Å². The number of aromatic nitrogens is 1. The van der Waals surface area contributed by atoms with Crippen LogP contribution in [0.15, 0.2) is 30.3 Å². The van der Waals surface area contributed by atoms with Gasteiger partial charge in [-0.15, -0.1) is 0 Å². The second-order valence-corrected chi connectivity index (χ2v) is 6.56. The van der Waals surface area contributed by atoms with Gasteiger partial charge in [0.15, 0.2) is 0 Å². The van der Waals surface area contributed by atoms with E-state index in [1.807, 2.05) is 24.3 Å². The largest absolute Gasteiger partial charge is 0.393 e. The minimum absolute atomic E-state index is 0.148. The number of aliphatic hydroxyl groups excluding tert-OH is 1. The Bertz CT molecular complexity index is 714. The second-order valence-electron chi connectivity index (χ2n) is 6.20. The molecule has 1 aromatic carbocycles. The fraction of sp³-hybridized carbons (Fsp3) is 0.444. The molecular formula is C18H22ClN3O2. The van der Waals surface area contributed by atoms with E-state index in [0.717, 1.165) is 49.7 Å². The van der Waals surface area contributed by atoms with E-state index < -0.39 is 0 Å². The van der Waals surface area contributed by atoms with Gasteiger partial charge in [0.1, 0.15) is 10.8 Å². The number of hydrogen-bond acceptors (Lipinski definition) is 4. The standard InChI is InChI=1S/C18H22ClN3O2/c19-17-15-5-2-1-4-13(15)12-16(21-17)18(24)20-8-3-9-22-10-6-14(23)7-11-22/h1-2,4-5,12,14,23H,3,6-11H2,(H,20,24). The Kier molecular flexibility index (Phi) is 5.66. The molecule has 0 radical (unpaired) electrons. The molecule has 1 aliphatic rings. The molecule has 1 saturated heterocycles. The topological polar surface area (TPSA) is 65.5 Å². The molecule has 24 heavy (non-hydrogen) atoms. The molecule has 1 amide bonds. The van der Waals surface area contributed by atoms with Gasteiger partial charge >= 0.3 is 0 Å². The van der Waals surface area contributed by atoms with Crippen molar-refractivity contribution in [3.63, 3.8) is 0 Å². The van der Waals surface area contributed by atoms with Crippen molar-refractivity contribution in [3.05, 3.63) is 41.2 Å². The first-order valence-electron chi connectivity index (χ1n) is 8.37. The van der Waals surface area contributed by atoms with Gasteiger partial charge in [-0.2, -0.15) is 0 Å². The van der Waals surface area contributed by atoms with Crippen LogP contribution in [0.4, 0.5) is 0 Å². The van der Waals surface area contributed by atoms with Crippen LogP contribution in [0.2, 0.25) is 5.15 Å². The second kappa shape index (κ2) is 7.92. The Hall–Kier alpha value is -1.69. The summed E-state index contributed by atoms with van der Waals surface area (Å²) in [5.41, 5.74) is 0.347. The number of aliphatic hydroxyl groups is 1. The molecule has 0 saturated carbocycles. The Balaban J connectivity index is 1.50. The van der Waals surface area contributed by atoms with Crippen LogP contribution in [0.25, 0.3) is 10.8 Å². The van der Waals surface area contributed by atoms with E-state index in [9.17, 15) is 9.90 Å². The third kappa shape index (κ3) is 4.23. The van der Waals surface area contributed by atoms with Crippen molar-refractivity contribution in [1.29, 1.82) is 0 Å². The molecule has 0 atom stereocenters. The number of nitrogens with one attached hydrogen (secondary N) is 1. The molecule has 1 aromatic heterocycles. The average Bonchev–Trinajstić information content (AvgIpc) is 2.60. The third-order valence-electron chi connectivity index (χ3n) is 4.42. The van der Waals surface area contributed by atoms with E-state index in [1.54, 1.807) is 6.07 Å². The van der Waals surface area contributed by atoms with Crippen molar-refractivity contribution in [1.82, 2.24) is 15.2 Å². The maximum atomic E-state index is 12.3. The molecule has 0 aliphatic carbocycles. The predicted octanol–water partition coefficient (Wildman–Crippen LogP) is 2.46. The van der Waals surface area contributed by atoms with Gasteiger partial charge in [0, 0.05) is 25.0 Å². The Morgan fingerprint density at radius 3 is 2.88 bits per heavy atom. The molecule has 1 fully saturated rings. The Morgan fingerprint density at radius 2 is 2.08 bits per heavy atom. The van der Waals surface area contributed by atoms with E-state index in [1.165, 1.54) is 0 Å². The summed E-state index contributed by atoms with van der Waals surface area (Å²) in [6.07, 6.45) is 2.41. The number of hydrogen-bond donors (Lipinski definition) is 2. The summed E-state index contributed by atoms with van der Waals surface area (Å²) in [4.78, 5) is 18.8. The van der Waals surface area contributed by atoms with E-state index >= 15 is 0 Å². The van der Waals surface area contributed by atoms with E-state index in [-0.39, 0.29) is 12.0 Å². The zero-order chi connectivity index (χ0) is 16.9. The summed E-state index contributed by atoms with van der Waals surface area (Å²) >= 11 is 6.16. The van der Waals surface area contributed by atoms with E-state index in [4.69, 9.17) is 11.6 Å². The van der Waals surface area contributed by atoms with Crippen LogP contribution in [0.3, 0.4) is 0 Å². The summed E-state index contributed by atoms with van der Waals surface area (Å²) in [5.74, 6) is -0.197.